The van der Waals surface area contributed by atoms with E-state index in [1.807, 2.05) is 19.0 Å². The number of hydrogen-bond donors (Lipinski definition) is 1. The van der Waals surface area contributed by atoms with E-state index >= 15 is 4.39 Å². The molecule has 2 aliphatic rings. The highest BCUT2D eigenvalue weighted by Gasteiger charge is 2.33. The Kier molecular flexibility index (Phi) is 4.98. The number of carbonyl (C=O) groups is 1. The van der Waals surface area contributed by atoms with Crippen LogP contribution < -0.4 is 15.1 Å². The number of fused-ring (bicyclic) bond motifs is 1. The Bertz CT molecular complexity index is 1030. The molecule has 1 saturated heterocycles. The summed E-state index contributed by atoms with van der Waals surface area (Å²) in [5, 5.41) is 9.48. The molecule has 8 heteroatoms. The van der Waals surface area contributed by atoms with E-state index in [9.17, 15) is 14.7 Å². The summed E-state index contributed by atoms with van der Waals surface area (Å²) in [6.45, 7) is 2.33. The van der Waals surface area contributed by atoms with Crippen molar-refractivity contribution in [3.63, 3.8) is 0 Å². The number of methoxy groups -OCH3 is 1. The summed E-state index contributed by atoms with van der Waals surface area (Å²) < 4.78 is 22.7. The van der Waals surface area contributed by atoms with E-state index in [-0.39, 0.29) is 17.0 Å². The molecule has 1 aliphatic heterocycles. The smallest absolute Gasteiger partial charge is 0.341 e. The first kappa shape index (κ1) is 19.7. The Morgan fingerprint density at radius 3 is 2.66 bits per heavy atom. The summed E-state index contributed by atoms with van der Waals surface area (Å²) >= 11 is 0. The van der Waals surface area contributed by atoms with Gasteiger partial charge in [0.05, 0.1) is 18.0 Å². The molecule has 1 aromatic carbocycles. The fourth-order valence-corrected chi connectivity index (χ4v) is 4.43. The van der Waals surface area contributed by atoms with Gasteiger partial charge in [-0.3, -0.25) is 4.79 Å². The van der Waals surface area contributed by atoms with Gasteiger partial charge in [-0.05, 0) is 45.3 Å². The number of aromatic carboxylic acids is 1. The van der Waals surface area contributed by atoms with Gasteiger partial charge < -0.3 is 24.2 Å². The summed E-state index contributed by atoms with van der Waals surface area (Å²) in [6.07, 6.45) is 4.11. The van der Waals surface area contributed by atoms with Crippen molar-refractivity contribution in [2.45, 2.75) is 25.3 Å². The normalized spacial score (nSPS) is 19.3. The van der Waals surface area contributed by atoms with Crippen molar-refractivity contribution in [1.82, 2.24) is 9.47 Å². The third-order valence-electron chi connectivity index (χ3n) is 5.80. The van der Waals surface area contributed by atoms with Gasteiger partial charge in [-0.1, -0.05) is 0 Å². The molecule has 4 rings (SSSR count). The molecule has 1 atom stereocenters. The SMILES string of the molecule is COc1c(N2CCC(CN(C)C)C2)c(F)cc2c(=O)c(C(=O)O)cn(C3CC3)c12. The van der Waals surface area contributed by atoms with E-state index < -0.39 is 17.2 Å². The maximum atomic E-state index is 15.2. The van der Waals surface area contributed by atoms with Crippen LogP contribution in [0.3, 0.4) is 0 Å². The molecular weight excluding hydrogens is 377 g/mol. The number of nitrogens with zero attached hydrogens (tertiary/aromatic N) is 3. The zero-order valence-electron chi connectivity index (χ0n) is 16.9. The van der Waals surface area contributed by atoms with Crippen LogP contribution >= 0.6 is 0 Å². The number of carboxylic acids is 1. The van der Waals surface area contributed by atoms with Gasteiger partial charge in [0.1, 0.15) is 11.3 Å². The maximum Gasteiger partial charge on any atom is 0.341 e. The predicted octanol–water partition coefficient (Wildman–Crippen LogP) is 2.57. The van der Waals surface area contributed by atoms with Crippen molar-refractivity contribution in [1.29, 1.82) is 0 Å². The summed E-state index contributed by atoms with van der Waals surface area (Å²) in [5.74, 6) is -1.13. The molecule has 2 aromatic rings. The van der Waals surface area contributed by atoms with E-state index in [2.05, 4.69) is 4.90 Å². The monoisotopic (exact) mass is 403 g/mol. The van der Waals surface area contributed by atoms with E-state index in [0.717, 1.165) is 25.8 Å². The first-order valence-corrected chi connectivity index (χ1v) is 9.90. The molecule has 0 spiro atoms. The molecule has 2 heterocycles. The number of rotatable bonds is 6. The van der Waals surface area contributed by atoms with Gasteiger partial charge in [0.25, 0.3) is 0 Å². The largest absolute Gasteiger partial charge is 0.492 e. The molecule has 1 aliphatic carbocycles. The van der Waals surface area contributed by atoms with Crippen LogP contribution in [0.1, 0.15) is 35.7 Å². The minimum atomic E-state index is -1.30. The first-order valence-electron chi connectivity index (χ1n) is 9.90. The molecule has 0 radical (unpaired) electrons. The van der Waals surface area contributed by atoms with Crippen molar-refractivity contribution < 1.29 is 19.0 Å². The van der Waals surface area contributed by atoms with Gasteiger partial charge in [0.2, 0.25) is 5.43 Å². The first-order chi connectivity index (χ1) is 13.8. The van der Waals surface area contributed by atoms with E-state index in [0.29, 0.717) is 36.0 Å². The quantitative estimate of drug-likeness (QED) is 0.799. The number of anilines is 1. The van der Waals surface area contributed by atoms with Gasteiger partial charge >= 0.3 is 5.97 Å². The lowest BCUT2D eigenvalue weighted by Crippen LogP contribution is -2.27. The van der Waals surface area contributed by atoms with Gasteiger partial charge in [-0.2, -0.15) is 0 Å². The van der Waals surface area contributed by atoms with Crippen LogP contribution in [0.4, 0.5) is 10.1 Å². The van der Waals surface area contributed by atoms with Crippen molar-refractivity contribution >= 4 is 22.6 Å². The number of pyridine rings is 1. The second-order valence-electron chi connectivity index (χ2n) is 8.31. The third-order valence-corrected chi connectivity index (χ3v) is 5.80. The van der Waals surface area contributed by atoms with Crippen LogP contribution in [0.15, 0.2) is 17.1 Å². The highest BCUT2D eigenvalue weighted by Crippen LogP contribution is 2.44. The van der Waals surface area contributed by atoms with Crippen molar-refractivity contribution in [3.05, 3.63) is 33.9 Å². The topological polar surface area (TPSA) is 75.0 Å². The van der Waals surface area contributed by atoms with Crippen LogP contribution in [0, 0.1) is 11.7 Å². The fraction of sp³-hybridized carbons (Fsp3) is 0.524. The number of hydrogen-bond acceptors (Lipinski definition) is 5. The molecule has 1 aromatic heterocycles. The zero-order valence-corrected chi connectivity index (χ0v) is 16.9. The number of ether oxygens (including phenoxy) is 1. The summed E-state index contributed by atoms with van der Waals surface area (Å²) in [4.78, 5) is 28.4. The van der Waals surface area contributed by atoms with Crippen LogP contribution in [0.25, 0.3) is 10.9 Å². The minimum Gasteiger partial charge on any atom is -0.492 e. The highest BCUT2D eigenvalue weighted by molar-refractivity contribution is 5.97. The molecule has 1 N–H and O–H groups in total. The molecule has 2 fully saturated rings. The second-order valence-corrected chi connectivity index (χ2v) is 8.31. The Balaban J connectivity index is 1.90. The van der Waals surface area contributed by atoms with E-state index in [4.69, 9.17) is 4.74 Å². The van der Waals surface area contributed by atoms with Crippen LogP contribution in [0.5, 0.6) is 5.75 Å². The Morgan fingerprint density at radius 1 is 1.34 bits per heavy atom. The lowest BCUT2D eigenvalue weighted by Gasteiger charge is -2.25. The van der Waals surface area contributed by atoms with E-state index in [1.54, 1.807) is 4.57 Å². The van der Waals surface area contributed by atoms with Crippen molar-refractivity contribution in [2.75, 3.05) is 45.7 Å². The summed E-state index contributed by atoms with van der Waals surface area (Å²) in [6, 6.07) is 1.28. The number of aromatic nitrogens is 1. The van der Waals surface area contributed by atoms with Gasteiger partial charge in [0, 0.05) is 31.9 Å². The Morgan fingerprint density at radius 2 is 2.07 bits per heavy atom. The minimum absolute atomic E-state index is 0.0546. The number of carboxylic acid groups (broad SMARTS) is 1. The maximum absolute atomic E-state index is 15.2. The van der Waals surface area contributed by atoms with Crippen LogP contribution in [0.2, 0.25) is 0 Å². The molecule has 1 unspecified atom stereocenters. The Hall–Kier alpha value is -2.61. The van der Waals surface area contributed by atoms with Gasteiger partial charge in [-0.25, -0.2) is 9.18 Å². The molecule has 0 amide bonds. The lowest BCUT2D eigenvalue weighted by atomic mass is 10.1. The lowest BCUT2D eigenvalue weighted by molar-refractivity contribution is 0.0695. The van der Waals surface area contributed by atoms with Crippen molar-refractivity contribution in [3.8, 4) is 5.75 Å². The molecule has 0 bridgehead atoms. The number of benzene rings is 1. The third kappa shape index (κ3) is 3.46. The van der Waals surface area contributed by atoms with Crippen LogP contribution in [-0.4, -0.2) is 61.4 Å². The molecule has 156 valence electrons. The zero-order chi connectivity index (χ0) is 20.9. The number of halogens is 1. The molecule has 29 heavy (non-hydrogen) atoms. The average molecular weight is 403 g/mol. The van der Waals surface area contributed by atoms with Crippen LogP contribution in [-0.2, 0) is 0 Å². The van der Waals surface area contributed by atoms with E-state index in [1.165, 1.54) is 19.4 Å². The molecule has 1 saturated carbocycles. The summed E-state index contributed by atoms with van der Waals surface area (Å²) in [5.41, 5.74) is -0.179. The molecular formula is C21H26FN3O4. The van der Waals surface area contributed by atoms with Crippen molar-refractivity contribution in [2.24, 2.45) is 5.92 Å². The fourth-order valence-electron chi connectivity index (χ4n) is 4.43. The molecule has 7 nitrogen and oxygen atoms in total. The highest BCUT2D eigenvalue weighted by atomic mass is 19.1. The van der Waals surface area contributed by atoms with Gasteiger partial charge in [-0.15, -0.1) is 0 Å². The average Bonchev–Trinajstić information content (AvgIpc) is 3.40. The summed E-state index contributed by atoms with van der Waals surface area (Å²) in [7, 11) is 5.51. The second kappa shape index (κ2) is 7.33. The standard InChI is InChI=1S/C21H26FN3O4/c1-23(2)9-12-6-7-24(10-12)18-16(22)8-14-17(20(18)29-3)25(13-4-5-13)11-15(19(14)26)21(27)28/h8,11-13H,4-7,9-10H2,1-3H3,(H,27,28). The Labute approximate surface area is 168 Å². The van der Waals surface area contributed by atoms with Gasteiger partial charge in [0.15, 0.2) is 11.6 Å². The predicted molar refractivity (Wildman–Crippen MR) is 109 cm³/mol.